The second-order valence-corrected chi connectivity index (χ2v) is 5.51. The van der Waals surface area contributed by atoms with Gasteiger partial charge in [-0.3, -0.25) is 0 Å². The Morgan fingerprint density at radius 1 is 1.30 bits per heavy atom. The van der Waals surface area contributed by atoms with Crippen LogP contribution in [-0.2, 0) is 11.8 Å². The number of hydrogen-bond acceptors (Lipinski definition) is 4. The number of nitrogens with zero attached hydrogens (tertiary/aromatic N) is 3. The number of aromatic nitrogens is 3. The van der Waals surface area contributed by atoms with Gasteiger partial charge in [0.1, 0.15) is 11.5 Å². The van der Waals surface area contributed by atoms with Crippen molar-refractivity contribution in [1.82, 2.24) is 14.5 Å². The number of methoxy groups -OCH3 is 1. The first kappa shape index (κ1) is 15.4. The van der Waals surface area contributed by atoms with Crippen molar-refractivity contribution in [1.29, 1.82) is 0 Å². The van der Waals surface area contributed by atoms with E-state index in [-0.39, 0.29) is 16.5 Å². The number of hydrogen-bond donors (Lipinski definition) is 0. The average molecular weight is 334 g/mol. The van der Waals surface area contributed by atoms with Crippen LogP contribution in [0.5, 0.6) is 0 Å². The van der Waals surface area contributed by atoms with Crippen LogP contribution in [-0.4, -0.2) is 27.6 Å². The van der Waals surface area contributed by atoms with Gasteiger partial charge in [-0.25, -0.2) is 19.2 Å². The van der Waals surface area contributed by atoms with Gasteiger partial charge in [0.15, 0.2) is 11.5 Å². The monoisotopic (exact) mass is 333 g/mol. The molecule has 0 saturated heterocycles. The van der Waals surface area contributed by atoms with Crippen molar-refractivity contribution in [2.45, 2.75) is 6.92 Å². The molecule has 118 valence electrons. The molecule has 0 aliphatic heterocycles. The number of halogens is 2. The Balaban J connectivity index is 2.31. The molecule has 0 amide bonds. The first-order valence-electron chi connectivity index (χ1n) is 6.80. The van der Waals surface area contributed by atoms with Gasteiger partial charge in [-0.05, 0) is 31.2 Å². The third-order valence-electron chi connectivity index (χ3n) is 3.68. The smallest absolute Gasteiger partial charge is 0.357 e. The number of benzene rings is 1. The lowest BCUT2D eigenvalue weighted by Gasteiger charge is -2.07. The lowest BCUT2D eigenvalue weighted by atomic mass is 10.2. The van der Waals surface area contributed by atoms with Crippen LogP contribution in [0, 0.1) is 12.7 Å². The number of aryl methyl sites for hydroxylation is 2. The zero-order valence-corrected chi connectivity index (χ0v) is 13.5. The maximum Gasteiger partial charge on any atom is 0.357 e. The number of esters is 1. The molecule has 5 nitrogen and oxygen atoms in total. The SMILES string of the molecule is COC(=O)c1nc(-c2ccc(Cl)c(F)c2)nc2c1cc(C)n2C. The van der Waals surface area contributed by atoms with Gasteiger partial charge in [-0.2, -0.15) is 0 Å². The van der Waals surface area contributed by atoms with Gasteiger partial charge in [0.25, 0.3) is 0 Å². The van der Waals surface area contributed by atoms with E-state index in [0.29, 0.717) is 16.6 Å². The summed E-state index contributed by atoms with van der Waals surface area (Å²) >= 11 is 5.70. The van der Waals surface area contributed by atoms with Gasteiger partial charge in [0.05, 0.1) is 17.5 Å². The number of rotatable bonds is 2. The van der Waals surface area contributed by atoms with Crippen molar-refractivity contribution < 1.29 is 13.9 Å². The Morgan fingerprint density at radius 3 is 2.70 bits per heavy atom. The number of carbonyl (C=O) groups is 1. The third kappa shape index (κ3) is 2.55. The van der Waals surface area contributed by atoms with Crippen LogP contribution >= 0.6 is 11.6 Å². The number of ether oxygens (including phenoxy) is 1. The minimum Gasteiger partial charge on any atom is -0.464 e. The molecule has 7 heteroatoms. The van der Waals surface area contributed by atoms with E-state index in [9.17, 15) is 9.18 Å². The molecule has 0 saturated carbocycles. The van der Waals surface area contributed by atoms with Gasteiger partial charge >= 0.3 is 5.97 Å². The third-order valence-corrected chi connectivity index (χ3v) is 3.99. The van der Waals surface area contributed by atoms with Gasteiger partial charge < -0.3 is 9.30 Å². The molecule has 0 aliphatic carbocycles. The van der Waals surface area contributed by atoms with E-state index in [1.165, 1.54) is 19.2 Å². The molecule has 1 aromatic carbocycles. The Kier molecular flexibility index (Phi) is 3.77. The minimum absolute atomic E-state index is 0.0118. The highest BCUT2D eigenvalue weighted by Crippen LogP contribution is 2.26. The summed E-state index contributed by atoms with van der Waals surface area (Å²) in [7, 11) is 3.12. The standard InChI is InChI=1S/C16H13ClFN3O2/c1-8-6-10-13(16(22)23-3)19-14(20-15(10)21(8)2)9-4-5-11(17)12(18)7-9/h4-7H,1-3H3. The van der Waals surface area contributed by atoms with Crippen molar-refractivity contribution in [3.05, 3.63) is 46.5 Å². The minimum atomic E-state index is -0.574. The number of fused-ring (bicyclic) bond motifs is 1. The van der Waals surface area contributed by atoms with E-state index in [1.807, 2.05) is 24.6 Å². The van der Waals surface area contributed by atoms with E-state index in [4.69, 9.17) is 16.3 Å². The van der Waals surface area contributed by atoms with E-state index >= 15 is 0 Å². The molecule has 0 aliphatic rings. The van der Waals surface area contributed by atoms with Crippen molar-refractivity contribution in [3.63, 3.8) is 0 Å². The second kappa shape index (κ2) is 5.62. The number of carbonyl (C=O) groups excluding carboxylic acids is 1. The van der Waals surface area contributed by atoms with Crippen molar-refractivity contribution in [2.75, 3.05) is 7.11 Å². The van der Waals surface area contributed by atoms with E-state index in [0.717, 1.165) is 5.69 Å². The molecule has 0 N–H and O–H groups in total. The maximum absolute atomic E-state index is 13.7. The lowest BCUT2D eigenvalue weighted by molar-refractivity contribution is 0.0596. The molecular formula is C16H13ClFN3O2. The normalized spacial score (nSPS) is 11.0. The first-order chi connectivity index (χ1) is 10.9. The summed E-state index contributed by atoms with van der Waals surface area (Å²) in [4.78, 5) is 20.7. The second-order valence-electron chi connectivity index (χ2n) is 5.10. The highest BCUT2D eigenvalue weighted by Gasteiger charge is 2.19. The van der Waals surface area contributed by atoms with Crippen LogP contribution in [0.15, 0.2) is 24.3 Å². The summed E-state index contributed by atoms with van der Waals surface area (Å²) in [6.45, 7) is 1.89. The first-order valence-corrected chi connectivity index (χ1v) is 7.18. The molecule has 0 radical (unpaired) electrons. The van der Waals surface area contributed by atoms with E-state index < -0.39 is 11.8 Å². The molecule has 23 heavy (non-hydrogen) atoms. The summed E-state index contributed by atoms with van der Waals surface area (Å²) in [6.07, 6.45) is 0. The van der Waals surface area contributed by atoms with Crippen molar-refractivity contribution in [2.24, 2.45) is 7.05 Å². The molecule has 0 spiro atoms. The molecule has 3 rings (SSSR count). The average Bonchev–Trinajstić information content (AvgIpc) is 2.83. The fraction of sp³-hybridized carbons (Fsp3) is 0.188. The van der Waals surface area contributed by atoms with Gasteiger partial charge in [-0.1, -0.05) is 11.6 Å². The zero-order valence-electron chi connectivity index (χ0n) is 12.7. The van der Waals surface area contributed by atoms with Crippen LogP contribution < -0.4 is 0 Å². The van der Waals surface area contributed by atoms with Gasteiger partial charge in [-0.15, -0.1) is 0 Å². The summed E-state index contributed by atoms with van der Waals surface area (Å²) < 4.78 is 20.3. The fourth-order valence-electron chi connectivity index (χ4n) is 2.34. The van der Waals surface area contributed by atoms with Crippen molar-refractivity contribution in [3.8, 4) is 11.4 Å². The lowest BCUT2D eigenvalue weighted by Crippen LogP contribution is -2.08. The Bertz CT molecular complexity index is 937. The fourth-order valence-corrected chi connectivity index (χ4v) is 2.45. The summed E-state index contributed by atoms with van der Waals surface area (Å²) in [6, 6.07) is 6.07. The molecule has 3 aromatic rings. The van der Waals surface area contributed by atoms with Crippen LogP contribution in [0.2, 0.25) is 5.02 Å². The van der Waals surface area contributed by atoms with Crippen LogP contribution in [0.1, 0.15) is 16.2 Å². The van der Waals surface area contributed by atoms with Gasteiger partial charge in [0.2, 0.25) is 0 Å². The van der Waals surface area contributed by atoms with E-state index in [1.54, 1.807) is 6.07 Å². The zero-order chi connectivity index (χ0) is 16.7. The highest BCUT2D eigenvalue weighted by molar-refractivity contribution is 6.30. The summed E-state index contributed by atoms with van der Waals surface area (Å²) in [5.41, 5.74) is 2.06. The summed E-state index contributed by atoms with van der Waals surface area (Å²) in [5, 5.41) is 0.604. The Labute approximate surface area is 136 Å². The Hall–Kier alpha value is -2.47. The molecule has 0 fully saturated rings. The molecular weight excluding hydrogens is 321 g/mol. The predicted octanol–water partition coefficient (Wildman–Crippen LogP) is 3.52. The molecule has 0 bridgehead atoms. The molecule has 0 unspecified atom stereocenters. The van der Waals surface area contributed by atoms with Crippen LogP contribution in [0.4, 0.5) is 4.39 Å². The topological polar surface area (TPSA) is 57.0 Å². The van der Waals surface area contributed by atoms with Gasteiger partial charge in [0, 0.05) is 18.3 Å². The molecule has 2 heterocycles. The predicted molar refractivity (Wildman–Crippen MR) is 85.0 cm³/mol. The summed E-state index contributed by atoms with van der Waals surface area (Å²) in [5.74, 6) is -0.913. The molecule has 0 atom stereocenters. The highest BCUT2D eigenvalue weighted by atomic mass is 35.5. The van der Waals surface area contributed by atoms with Crippen molar-refractivity contribution >= 4 is 28.6 Å². The van der Waals surface area contributed by atoms with Crippen LogP contribution in [0.25, 0.3) is 22.4 Å². The largest absolute Gasteiger partial charge is 0.464 e. The quantitative estimate of drug-likeness (QED) is 0.673. The molecule has 2 aromatic heterocycles. The maximum atomic E-state index is 13.7. The Morgan fingerprint density at radius 2 is 2.04 bits per heavy atom. The van der Waals surface area contributed by atoms with E-state index in [2.05, 4.69) is 9.97 Å². The van der Waals surface area contributed by atoms with Crippen LogP contribution in [0.3, 0.4) is 0 Å².